The molecule has 0 saturated carbocycles. The second-order valence-corrected chi connectivity index (χ2v) is 6.53. The molecule has 0 atom stereocenters. The molecule has 0 fully saturated rings. The smallest absolute Gasteiger partial charge is 0.0839 e. The first-order chi connectivity index (χ1) is 10.0. The summed E-state index contributed by atoms with van der Waals surface area (Å²) >= 11 is 3.63. The molecule has 116 valence electrons. The molecule has 0 aliphatic heterocycles. The molecule has 0 unspecified atom stereocenters. The summed E-state index contributed by atoms with van der Waals surface area (Å²) in [6.45, 7) is 12.0. The van der Waals surface area contributed by atoms with Crippen molar-refractivity contribution in [3.63, 3.8) is 0 Å². The predicted octanol–water partition coefficient (Wildman–Crippen LogP) is 2.96. The summed E-state index contributed by atoms with van der Waals surface area (Å²) in [6.07, 6.45) is 4.03. The van der Waals surface area contributed by atoms with E-state index in [1.165, 1.54) is 11.3 Å². The Kier molecular flexibility index (Phi) is 5.58. The lowest BCUT2D eigenvalue weighted by Crippen LogP contribution is -2.18. The van der Waals surface area contributed by atoms with Crippen LogP contribution in [0.5, 0.6) is 0 Å². The molecule has 2 aromatic heterocycles. The van der Waals surface area contributed by atoms with Crippen LogP contribution in [0.2, 0.25) is 0 Å². The van der Waals surface area contributed by atoms with Gasteiger partial charge in [0.05, 0.1) is 28.6 Å². The number of halogens is 1. The lowest BCUT2D eigenvalue weighted by Gasteiger charge is -2.06. The van der Waals surface area contributed by atoms with Crippen LogP contribution in [-0.4, -0.2) is 26.1 Å². The molecule has 0 amide bonds. The summed E-state index contributed by atoms with van der Waals surface area (Å²) in [5, 5.41) is 12.4. The van der Waals surface area contributed by atoms with E-state index in [4.69, 9.17) is 0 Å². The molecule has 0 saturated heterocycles. The maximum absolute atomic E-state index is 4.52. The molecule has 0 spiro atoms. The van der Waals surface area contributed by atoms with E-state index in [9.17, 15) is 0 Å². The van der Waals surface area contributed by atoms with E-state index in [-0.39, 0.29) is 0 Å². The van der Waals surface area contributed by atoms with Crippen molar-refractivity contribution in [3.05, 3.63) is 33.8 Å². The molecule has 21 heavy (non-hydrogen) atoms. The number of hydrogen-bond acceptors (Lipinski definition) is 3. The maximum atomic E-state index is 4.52. The molecule has 2 aromatic rings. The molecule has 5 nitrogen and oxygen atoms in total. The second kappa shape index (κ2) is 7.22. The topological polar surface area (TPSA) is 47.7 Å². The molecular formula is C15H24BrN5. The van der Waals surface area contributed by atoms with Gasteiger partial charge in [-0.3, -0.25) is 9.36 Å². The summed E-state index contributed by atoms with van der Waals surface area (Å²) < 4.78 is 5.08. The van der Waals surface area contributed by atoms with Gasteiger partial charge in [0.25, 0.3) is 0 Å². The second-order valence-electron chi connectivity index (χ2n) is 5.73. The third-order valence-electron chi connectivity index (χ3n) is 3.33. The van der Waals surface area contributed by atoms with Crippen LogP contribution in [-0.2, 0) is 19.6 Å². The minimum absolute atomic E-state index is 0.665. The zero-order valence-electron chi connectivity index (χ0n) is 13.2. The highest BCUT2D eigenvalue weighted by atomic mass is 79.9. The highest BCUT2D eigenvalue weighted by molar-refractivity contribution is 9.10. The fraction of sp³-hybridized carbons (Fsp3) is 0.600. The Morgan fingerprint density at radius 3 is 2.81 bits per heavy atom. The average Bonchev–Trinajstić information content (AvgIpc) is 2.98. The van der Waals surface area contributed by atoms with Crippen molar-refractivity contribution >= 4 is 15.9 Å². The van der Waals surface area contributed by atoms with Crippen molar-refractivity contribution in [1.29, 1.82) is 0 Å². The number of hydrogen-bond donors (Lipinski definition) is 1. The minimum Gasteiger partial charge on any atom is -0.312 e. The largest absolute Gasteiger partial charge is 0.312 e. The Bertz CT molecular complexity index is 585. The lowest BCUT2D eigenvalue weighted by molar-refractivity contribution is 0.551. The molecule has 0 aromatic carbocycles. The quantitative estimate of drug-likeness (QED) is 0.832. The Hall–Kier alpha value is -1.14. The molecular weight excluding hydrogens is 330 g/mol. The van der Waals surface area contributed by atoms with Gasteiger partial charge in [-0.05, 0) is 42.2 Å². The summed E-state index contributed by atoms with van der Waals surface area (Å²) in [5.41, 5.74) is 3.41. The number of rotatable bonds is 7. The van der Waals surface area contributed by atoms with Gasteiger partial charge in [0.15, 0.2) is 0 Å². The van der Waals surface area contributed by atoms with Gasteiger partial charge in [0, 0.05) is 24.8 Å². The van der Waals surface area contributed by atoms with Gasteiger partial charge in [0.2, 0.25) is 0 Å². The fourth-order valence-electron chi connectivity index (χ4n) is 2.26. The molecule has 0 aliphatic rings. The van der Waals surface area contributed by atoms with Gasteiger partial charge >= 0.3 is 0 Å². The summed E-state index contributed by atoms with van der Waals surface area (Å²) in [5.74, 6) is 0.665. The van der Waals surface area contributed by atoms with Crippen LogP contribution in [0, 0.1) is 12.8 Å². The van der Waals surface area contributed by atoms with Crippen molar-refractivity contribution < 1.29 is 0 Å². The first-order valence-electron chi connectivity index (χ1n) is 7.45. The summed E-state index contributed by atoms with van der Waals surface area (Å²) in [7, 11) is 0. The van der Waals surface area contributed by atoms with E-state index in [2.05, 4.69) is 58.4 Å². The number of nitrogens with zero attached hydrogens (tertiary/aromatic N) is 4. The average molecular weight is 354 g/mol. The maximum Gasteiger partial charge on any atom is 0.0839 e. The van der Waals surface area contributed by atoms with Crippen LogP contribution >= 0.6 is 15.9 Å². The monoisotopic (exact) mass is 353 g/mol. The van der Waals surface area contributed by atoms with Gasteiger partial charge in [-0.25, -0.2) is 0 Å². The van der Waals surface area contributed by atoms with Crippen LogP contribution in [0.4, 0.5) is 0 Å². The first-order valence-corrected chi connectivity index (χ1v) is 8.24. The molecule has 0 aliphatic carbocycles. The molecule has 0 bridgehead atoms. The Balaban J connectivity index is 2.02. The number of aryl methyl sites for hydroxylation is 2. The van der Waals surface area contributed by atoms with Crippen molar-refractivity contribution in [2.75, 3.05) is 6.54 Å². The Labute approximate surface area is 134 Å². The molecule has 6 heteroatoms. The van der Waals surface area contributed by atoms with Crippen molar-refractivity contribution in [2.45, 2.75) is 47.3 Å². The van der Waals surface area contributed by atoms with Crippen molar-refractivity contribution in [3.8, 4) is 0 Å². The van der Waals surface area contributed by atoms with E-state index in [1.54, 1.807) is 0 Å². The zero-order chi connectivity index (χ0) is 15.4. The van der Waals surface area contributed by atoms with E-state index >= 15 is 0 Å². The third-order valence-corrected chi connectivity index (χ3v) is 4.36. The zero-order valence-corrected chi connectivity index (χ0v) is 14.8. The molecule has 0 radical (unpaired) electrons. The first kappa shape index (κ1) is 16.2. The normalized spacial score (nSPS) is 11.5. The highest BCUT2D eigenvalue weighted by Crippen LogP contribution is 2.21. The minimum atomic E-state index is 0.665. The Morgan fingerprint density at radius 2 is 2.14 bits per heavy atom. The predicted molar refractivity (Wildman–Crippen MR) is 88.2 cm³/mol. The molecule has 2 rings (SSSR count). The van der Waals surface area contributed by atoms with E-state index in [0.29, 0.717) is 5.92 Å². The third kappa shape index (κ3) is 4.17. The summed E-state index contributed by atoms with van der Waals surface area (Å²) in [6, 6.07) is 0. The fourth-order valence-corrected chi connectivity index (χ4v) is 2.67. The Morgan fingerprint density at radius 1 is 1.38 bits per heavy atom. The SMILES string of the molecule is CCn1nc(C)c(Br)c1Cn1cc(CNCC(C)C)cn1. The van der Waals surface area contributed by atoms with Gasteiger partial charge in [-0.15, -0.1) is 0 Å². The van der Waals surface area contributed by atoms with Crippen LogP contribution < -0.4 is 5.32 Å². The summed E-state index contributed by atoms with van der Waals surface area (Å²) in [4.78, 5) is 0. The van der Waals surface area contributed by atoms with Crippen LogP contribution in [0.15, 0.2) is 16.9 Å². The lowest BCUT2D eigenvalue weighted by atomic mass is 10.2. The van der Waals surface area contributed by atoms with Gasteiger partial charge in [-0.1, -0.05) is 13.8 Å². The van der Waals surface area contributed by atoms with Gasteiger partial charge in [0.1, 0.15) is 0 Å². The van der Waals surface area contributed by atoms with Crippen molar-refractivity contribution in [2.24, 2.45) is 5.92 Å². The van der Waals surface area contributed by atoms with Gasteiger partial charge in [-0.2, -0.15) is 10.2 Å². The standard InChI is InChI=1S/C15H24BrN5/c1-5-21-14(15(16)12(4)19-21)10-20-9-13(8-18-20)7-17-6-11(2)3/h8-9,11,17H,5-7,10H2,1-4H3. The van der Waals surface area contributed by atoms with E-state index in [1.807, 2.05) is 22.5 Å². The van der Waals surface area contributed by atoms with Crippen LogP contribution in [0.3, 0.4) is 0 Å². The number of nitrogens with one attached hydrogen (secondary N) is 1. The molecule has 2 heterocycles. The van der Waals surface area contributed by atoms with Gasteiger partial charge < -0.3 is 5.32 Å². The number of aromatic nitrogens is 4. The van der Waals surface area contributed by atoms with E-state index < -0.39 is 0 Å². The van der Waals surface area contributed by atoms with E-state index in [0.717, 1.165) is 36.3 Å². The molecule has 1 N–H and O–H groups in total. The van der Waals surface area contributed by atoms with Crippen molar-refractivity contribution in [1.82, 2.24) is 24.9 Å². The highest BCUT2D eigenvalue weighted by Gasteiger charge is 2.13. The van der Waals surface area contributed by atoms with Crippen LogP contribution in [0.1, 0.15) is 37.7 Å². The van der Waals surface area contributed by atoms with Crippen LogP contribution in [0.25, 0.3) is 0 Å².